The molecule has 0 N–H and O–H groups in total. The molecule has 0 radical (unpaired) electrons. The summed E-state index contributed by atoms with van der Waals surface area (Å²) in [6.45, 7) is 14.2. The number of benzene rings is 7. The molecule has 0 atom stereocenters. The molecule has 4 heteroatoms. The van der Waals surface area contributed by atoms with Crippen LogP contribution in [0.2, 0.25) is 0 Å². The molecule has 0 aliphatic heterocycles. The Bertz CT molecular complexity index is 3580. The Labute approximate surface area is 335 Å². The molecule has 6 aromatic heterocycles. The highest BCUT2D eigenvalue weighted by atomic mass is 15.0. The van der Waals surface area contributed by atoms with Crippen LogP contribution in [0.5, 0.6) is 0 Å². The summed E-state index contributed by atoms with van der Waals surface area (Å²) in [5, 5.41) is 13.1. The summed E-state index contributed by atoms with van der Waals surface area (Å²) in [6.07, 6.45) is 0. The number of nitrogens with zero attached hydrogens (tertiary/aromatic N) is 4. The Kier molecular flexibility index (Phi) is 5.90. The van der Waals surface area contributed by atoms with Gasteiger partial charge >= 0.3 is 0 Å². The summed E-state index contributed by atoms with van der Waals surface area (Å²) in [7, 11) is 0. The summed E-state index contributed by atoms with van der Waals surface area (Å²) >= 11 is 0. The Hall–Kier alpha value is -6.78. The third kappa shape index (κ3) is 3.90. The molecule has 4 nitrogen and oxygen atoms in total. The minimum Gasteiger partial charge on any atom is -0.312 e. The van der Waals surface area contributed by atoms with Gasteiger partial charge in [-0.15, -0.1) is 0 Å². The molecule has 0 unspecified atom stereocenters. The maximum atomic E-state index is 2.62. The van der Waals surface area contributed by atoms with Gasteiger partial charge in [0.25, 0.3) is 0 Å². The third-order valence-electron chi connectivity index (χ3n) is 13.1. The zero-order chi connectivity index (χ0) is 39.0. The SMILES string of the molecule is CC(C)(C)c1cc2cc3c(c4ccccc4n3-c3ccccc3)c3c4cc5c(cc4n1c23)c1c2c3ccccc3n(-c3ccccc3)c2cc2cc(C(C)(C)C)n5c21. The molecule has 0 aliphatic rings. The summed E-state index contributed by atoms with van der Waals surface area (Å²) < 4.78 is 10.2. The molecule has 13 rings (SSSR count). The predicted octanol–water partition coefficient (Wildman–Crippen LogP) is 14.5. The second kappa shape index (κ2) is 10.6. The van der Waals surface area contributed by atoms with Gasteiger partial charge in [0.1, 0.15) is 0 Å². The van der Waals surface area contributed by atoms with Crippen LogP contribution in [0.4, 0.5) is 0 Å². The Morgan fingerprint density at radius 1 is 0.328 bits per heavy atom. The fraction of sp³-hybridized carbons (Fsp3) is 0.148. The number of para-hydroxylation sites is 4. The first-order chi connectivity index (χ1) is 28.1. The van der Waals surface area contributed by atoms with Crippen LogP contribution in [0.25, 0.3) is 109 Å². The van der Waals surface area contributed by atoms with Crippen molar-refractivity contribution in [2.24, 2.45) is 0 Å². The summed E-state index contributed by atoms with van der Waals surface area (Å²) in [5.41, 5.74) is 15.0. The fourth-order valence-electron chi connectivity index (χ4n) is 10.8. The predicted molar refractivity (Wildman–Crippen MR) is 247 cm³/mol. The molecule has 0 bridgehead atoms. The van der Waals surface area contributed by atoms with Crippen molar-refractivity contribution in [3.05, 3.63) is 157 Å². The largest absolute Gasteiger partial charge is 0.312 e. The van der Waals surface area contributed by atoms with Gasteiger partial charge in [-0.3, -0.25) is 0 Å². The first kappa shape index (κ1) is 32.3. The molecule has 0 saturated carbocycles. The van der Waals surface area contributed by atoms with E-state index in [4.69, 9.17) is 0 Å². The van der Waals surface area contributed by atoms with Crippen LogP contribution in [-0.4, -0.2) is 17.9 Å². The van der Waals surface area contributed by atoms with Crippen molar-refractivity contribution >= 4 is 98.0 Å². The first-order valence-corrected chi connectivity index (χ1v) is 20.6. The van der Waals surface area contributed by atoms with Gasteiger partial charge in [-0.25, -0.2) is 0 Å². The number of hydrogen-bond donors (Lipinski definition) is 0. The van der Waals surface area contributed by atoms with Crippen LogP contribution in [0, 0.1) is 0 Å². The van der Waals surface area contributed by atoms with Crippen LogP contribution in [0.3, 0.4) is 0 Å². The maximum Gasteiger partial charge on any atom is 0.0618 e. The summed E-state index contributed by atoms with van der Waals surface area (Å²) in [4.78, 5) is 0. The Morgan fingerprint density at radius 2 is 0.707 bits per heavy atom. The molecule has 7 aromatic carbocycles. The lowest BCUT2D eigenvalue weighted by molar-refractivity contribution is 0.567. The topological polar surface area (TPSA) is 18.7 Å². The van der Waals surface area contributed by atoms with Gasteiger partial charge in [0.2, 0.25) is 0 Å². The van der Waals surface area contributed by atoms with E-state index < -0.39 is 0 Å². The molecule has 0 spiro atoms. The van der Waals surface area contributed by atoms with Crippen molar-refractivity contribution in [2.75, 3.05) is 0 Å². The van der Waals surface area contributed by atoms with Crippen molar-refractivity contribution in [1.82, 2.24) is 17.9 Å². The van der Waals surface area contributed by atoms with Crippen molar-refractivity contribution in [3.63, 3.8) is 0 Å². The first-order valence-electron chi connectivity index (χ1n) is 20.6. The lowest BCUT2D eigenvalue weighted by Crippen LogP contribution is -2.14. The van der Waals surface area contributed by atoms with Crippen molar-refractivity contribution < 1.29 is 0 Å². The van der Waals surface area contributed by atoms with Gasteiger partial charge in [0, 0.05) is 87.5 Å². The van der Waals surface area contributed by atoms with E-state index in [-0.39, 0.29) is 10.8 Å². The number of rotatable bonds is 2. The summed E-state index contributed by atoms with van der Waals surface area (Å²) in [5.74, 6) is 0. The molecule has 0 fully saturated rings. The maximum absolute atomic E-state index is 2.62. The zero-order valence-electron chi connectivity index (χ0n) is 33.6. The average molecular weight is 747 g/mol. The number of hydrogen-bond acceptors (Lipinski definition) is 0. The molecule has 6 heterocycles. The van der Waals surface area contributed by atoms with Crippen LogP contribution in [0.1, 0.15) is 52.9 Å². The molecular weight excluding hydrogens is 705 g/mol. The van der Waals surface area contributed by atoms with E-state index in [1.807, 2.05) is 0 Å². The van der Waals surface area contributed by atoms with Gasteiger partial charge in [0.05, 0.1) is 44.1 Å². The van der Waals surface area contributed by atoms with E-state index in [1.54, 1.807) is 0 Å². The zero-order valence-corrected chi connectivity index (χ0v) is 33.6. The molecule has 0 aliphatic carbocycles. The van der Waals surface area contributed by atoms with E-state index >= 15 is 0 Å². The van der Waals surface area contributed by atoms with E-state index in [2.05, 4.69) is 205 Å². The molecule has 278 valence electrons. The van der Waals surface area contributed by atoms with E-state index in [1.165, 1.54) is 121 Å². The highest BCUT2D eigenvalue weighted by Crippen LogP contribution is 2.50. The standard InChI is InChI=1S/C54H42N4/c1-53(2,3)45-27-31-25-43-47(35-21-13-15-23-39(35)55(43)33-17-9-7-10-18-33)49-37-30-42-38(29-41(37)57(45)51(31)49)50-48-36-22-14-16-24-40(36)56(34-19-11-8-12-20-34)44(48)26-32-28-46(54(4,5)6)58(42)52(32)50/h7-30H,1-6H3. The highest BCUT2D eigenvalue weighted by molar-refractivity contribution is 6.36. The normalized spacial score (nSPS) is 13.3. The van der Waals surface area contributed by atoms with Crippen molar-refractivity contribution in [1.29, 1.82) is 0 Å². The van der Waals surface area contributed by atoms with Gasteiger partial charge < -0.3 is 17.9 Å². The van der Waals surface area contributed by atoms with E-state index in [0.717, 1.165) is 0 Å². The van der Waals surface area contributed by atoms with E-state index in [9.17, 15) is 0 Å². The smallest absolute Gasteiger partial charge is 0.0618 e. The highest BCUT2D eigenvalue weighted by Gasteiger charge is 2.31. The van der Waals surface area contributed by atoms with Gasteiger partial charge in [0.15, 0.2) is 0 Å². The monoisotopic (exact) mass is 746 g/mol. The molecule has 13 aromatic rings. The minimum atomic E-state index is -0.0839. The number of aromatic nitrogens is 4. The molecule has 0 saturated heterocycles. The van der Waals surface area contributed by atoms with Gasteiger partial charge in [-0.2, -0.15) is 0 Å². The van der Waals surface area contributed by atoms with Gasteiger partial charge in [-0.05, 0) is 72.8 Å². The Morgan fingerprint density at radius 3 is 1.10 bits per heavy atom. The second-order valence-corrected chi connectivity index (χ2v) is 18.7. The lowest BCUT2D eigenvalue weighted by Gasteiger charge is -2.19. The molecule has 58 heavy (non-hydrogen) atoms. The average Bonchev–Trinajstić information content (AvgIpc) is 4.05. The van der Waals surface area contributed by atoms with Crippen LogP contribution in [0.15, 0.2) is 146 Å². The number of fused-ring (bicyclic) bond motifs is 14. The Balaban J connectivity index is 1.30. The lowest BCUT2D eigenvalue weighted by atomic mass is 9.91. The van der Waals surface area contributed by atoms with Crippen molar-refractivity contribution in [3.8, 4) is 11.4 Å². The van der Waals surface area contributed by atoms with Crippen molar-refractivity contribution in [2.45, 2.75) is 52.4 Å². The fourth-order valence-corrected chi connectivity index (χ4v) is 10.8. The van der Waals surface area contributed by atoms with Crippen LogP contribution in [-0.2, 0) is 10.8 Å². The second-order valence-electron chi connectivity index (χ2n) is 18.7. The summed E-state index contributed by atoms with van der Waals surface area (Å²) in [6, 6.07) is 54.7. The molecule has 0 amide bonds. The quantitative estimate of drug-likeness (QED) is 0.168. The van der Waals surface area contributed by atoms with E-state index in [0.29, 0.717) is 0 Å². The minimum absolute atomic E-state index is 0.0839. The molecular formula is C54H42N4. The van der Waals surface area contributed by atoms with Gasteiger partial charge in [-0.1, -0.05) is 114 Å². The van der Waals surface area contributed by atoms with Crippen LogP contribution < -0.4 is 0 Å². The van der Waals surface area contributed by atoms with Crippen LogP contribution >= 0.6 is 0 Å². The third-order valence-corrected chi connectivity index (χ3v) is 13.1.